The number of aliphatic carboxylic acids is 1. The molecule has 1 rings (SSSR count). The fraction of sp³-hybridized carbons (Fsp3) is 0.429. The Morgan fingerprint density at radius 2 is 1.90 bits per heavy atom. The molecular formula is C14H19NO4S. The van der Waals surface area contributed by atoms with Crippen molar-refractivity contribution in [3.05, 3.63) is 28.8 Å². The third kappa shape index (κ3) is 4.77. The number of carboxylic acid groups (broad SMARTS) is 1. The van der Waals surface area contributed by atoms with Gasteiger partial charge in [-0.05, 0) is 37.1 Å². The van der Waals surface area contributed by atoms with E-state index in [2.05, 4.69) is 5.32 Å². The van der Waals surface area contributed by atoms with Crippen LogP contribution in [0.5, 0.6) is 5.75 Å². The predicted octanol–water partition coefficient (Wildman–Crippen LogP) is 1.86. The van der Waals surface area contributed by atoms with Gasteiger partial charge in [0.25, 0.3) is 5.91 Å². The summed E-state index contributed by atoms with van der Waals surface area (Å²) < 4.78 is 5.26. The maximum atomic E-state index is 12.0. The van der Waals surface area contributed by atoms with E-state index in [-0.39, 0.29) is 11.7 Å². The van der Waals surface area contributed by atoms with Crippen molar-refractivity contribution in [1.82, 2.24) is 5.32 Å². The van der Waals surface area contributed by atoms with Crippen molar-refractivity contribution in [2.45, 2.75) is 13.8 Å². The highest BCUT2D eigenvalue weighted by Gasteiger charge is 2.10. The molecule has 0 saturated carbocycles. The van der Waals surface area contributed by atoms with Crippen LogP contribution < -0.4 is 10.1 Å². The van der Waals surface area contributed by atoms with Crippen LogP contribution in [0.1, 0.15) is 21.5 Å². The van der Waals surface area contributed by atoms with Crippen molar-refractivity contribution >= 4 is 23.6 Å². The monoisotopic (exact) mass is 297 g/mol. The number of carboxylic acids is 1. The van der Waals surface area contributed by atoms with Crippen LogP contribution in [0.15, 0.2) is 12.1 Å². The minimum Gasteiger partial charge on any atom is -0.496 e. The third-order valence-electron chi connectivity index (χ3n) is 2.68. The number of rotatable bonds is 7. The van der Waals surface area contributed by atoms with E-state index in [9.17, 15) is 9.59 Å². The average Bonchev–Trinajstić information content (AvgIpc) is 2.37. The minimum atomic E-state index is -0.845. The highest BCUT2D eigenvalue weighted by Crippen LogP contribution is 2.24. The molecule has 6 heteroatoms. The van der Waals surface area contributed by atoms with Crippen molar-refractivity contribution in [3.63, 3.8) is 0 Å². The van der Waals surface area contributed by atoms with Gasteiger partial charge < -0.3 is 15.2 Å². The summed E-state index contributed by atoms with van der Waals surface area (Å²) in [6, 6.07) is 3.57. The van der Waals surface area contributed by atoms with E-state index in [1.807, 2.05) is 13.8 Å². The van der Waals surface area contributed by atoms with Crippen molar-refractivity contribution in [2.24, 2.45) is 0 Å². The lowest BCUT2D eigenvalue weighted by atomic mass is 10.1. The molecule has 0 atom stereocenters. The first kappa shape index (κ1) is 16.4. The van der Waals surface area contributed by atoms with Crippen LogP contribution in [0.4, 0.5) is 0 Å². The predicted molar refractivity (Wildman–Crippen MR) is 79.8 cm³/mol. The molecule has 0 saturated heterocycles. The molecule has 0 spiro atoms. The number of nitrogens with one attached hydrogen (secondary N) is 1. The van der Waals surface area contributed by atoms with E-state index in [0.717, 1.165) is 16.9 Å². The first-order chi connectivity index (χ1) is 9.45. The van der Waals surface area contributed by atoms with E-state index in [1.54, 1.807) is 19.2 Å². The Morgan fingerprint density at radius 1 is 1.30 bits per heavy atom. The zero-order valence-corrected chi connectivity index (χ0v) is 12.7. The summed E-state index contributed by atoms with van der Waals surface area (Å²) in [5.74, 6) is 0.416. The SMILES string of the molecule is COc1c(C)cc(C(=O)NCCSCC(=O)O)cc1C. The lowest BCUT2D eigenvalue weighted by molar-refractivity contribution is -0.133. The fourth-order valence-electron chi connectivity index (χ4n) is 1.90. The summed E-state index contributed by atoms with van der Waals surface area (Å²) in [7, 11) is 1.61. The smallest absolute Gasteiger partial charge is 0.313 e. The second-order valence-electron chi connectivity index (χ2n) is 4.35. The zero-order valence-electron chi connectivity index (χ0n) is 11.9. The van der Waals surface area contributed by atoms with Crippen LogP contribution in [0.2, 0.25) is 0 Å². The molecule has 5 nitrogen and oxygen atoms in total. The number of amides is 1. The summed E-state index contributed by atoms with van der Waals surface area (Å²) in [4.78, 5) is 22.3. The number of aryl methyl sites for hydroxylation is 2. The number of carbonyl (C=O) groups excluding carboxylic acids is 1. The van der Waals surface area contributed by atoms with Gasteiger partial charge in [0.1, 0.15) is 5.75 Å². The molecule has 0 fully saturated rings. The van der Waals surface area contributed by atoms with Gasteiger partial charge in [-0.15, -0.1) is 11.8 Å². The summed E-state index contributed by atoms with van der Waals surface area (Å²) >= 11 is 1.28. The van der Waals surface area contributed by atoms with Gasteiger partial charge in [-0.2, -0.15) is 0 Å². The summed E-state index contributed by atoms with van der Waals surface area (Å²) in [6.07, 6.45) is 0. The lowest BCUT2D eigenvalue weighted by Crippen LogP contribution is -2.26. The molecule has 0 aliphatic heterocycles. The number of hydrogen-bond donors (Lipinski definition) is 2. The number of hydrogen-bond acceptors (Lipinski definition) is 4. The van der Waals surface area contributed by atoms with Crippen molar-refractivity contribution < 1.29 is 19.4 Å². The van der Waals surface area contributed by atoms with Gasteiger partial charge in [0.05, 0.1) is 12.9 Å². The molecular weight excluding hydrogens is 278 g/mol. The number of benzene rings is 1. The van der Waals surface area contributed by atoms with Gasteiger partial charge in [0.15, 0.2) is 0 Å². The second-order valence-corrected chi connectivity index (χ2v) is 5.45. The van der Waals surface area contributed by atoms with Crippen LogP contribution in [0.3, 0.4) is 0 Å². The van der Waals surface area contributed by atoms with Crippen LogP contribution >= 0.6 is 11.8 Å². The molecule has 0 unspecified atom stereocenters. The third-order valence-corrected chi connectivity index (χ3v) is 3.63. The molecule has 1 aromatic rings. The summed E-state index contributed by atoms with van der Waals surface area (Å²) in [5.41, 5.74) is 2.42. The zero-order chi connectivity index (χ0) is 15.1. The van der Waals surface area contributed by atoms with E-state index in [1.165, 1.54) is 11.8 Å². The number of carbonyl (C=O) groups is 2. The Labute approximate surface area is 122 Å². The van der Waals surface area contributed by atoms with E-state index in [4.69, 9.17) is 9.84 Å². The molecule has 0 aliphatic rings. The van der Waals surface area contributed by atoms with Crippen LogP contribution in [0, 0.1) is 13.8 Å². The first-order valence-corrected chi connectivity index (χ1v) is 7.34. The van der Waals surface area contributed by atoms with Crippen LogP contribution in [-0.4, -0.2) is 42.1 Å². The fourth-order valence-corrected chi connectivity index (χ4v) is 2.47. The molecule has 2 N–H and O–H groups in total. The van der Waals surface area contributed by atoms with Gasteiger partial charge in [-0.3, -0.25) is 9.59 Å². The van der Waals surface area contributed by atoms with Crippen molar-refractivity contribution in [2.75, 3.05) is 25.2 Å². The number of thioether (sulfide) groups is 1. The van der Waals surface area contributed by atoms with Crippen molar-refractivity contribution in [3.8, 4) is 5.75 Å². The maximum absolute atomic E-state index is 12.0. The van der Waals surface area contributed by atoms with Crippen LogP contribution in [0.25, 0.3) is 0 Å². The average molecular weight is 297 g/mol. The molecule has 0 radical (unpaired) electrons. The molecule has 1 aromatic carbocycles. The minimum absolute atomic E-state index is 0.0522. The Morgan fingerprint density at radius 3 is 2.40 bits per heavy atom. The van der Waals surface area contributed by atoms with Gasteiger partial charge in [-0.1, -0.05) is 0 Å². The highest BCUT2D eigenvalue weighted by atomic mass is 32.2. The first-order valence-electron chi connectivity index (χ1n) is 6.18. The van der Waals surface area contributed by atoms with Gasteiger partial charge in [0, 0.05) is 17.9 Å². The summed E-state index contributed by atoms with van der Waals surface area (Å²) in [5, 5.41) is 11.3. The molecule has 20 heavy (non-hydrogen) atoms. The number of methoxy groups -OCH3 is 1. The Balaban J connectivity index is 2.54. The topological polar surface area (TPSA) is 75.6 Å². The van der Waals surface area contributed by atoms with Gasteiger partial charge in [0.2, 0.25) is 0 Å². The Hall–Kier alpha value is -1.69. The lowest BCUT2D eigenvalue weighted by Gasteiger charge is -2.11. The molecule has 0 aromatic heterocycles. The Bertz CT molecular complexity index is 479. The van der Waals surface area contributed by atoms with E-state index < -0.39 is 5.97 Å². The standard InChI is InChI=1S/C14H19NO4S/c1-9-6-11(7-10(2)13(9)19-3)14(18)15-4-5-20-8-12(16)17/h6-7H,4-5,8H2,1-3H3,(H,15,18)(H,16,17). The summed E-state index contributed by atoms with van der Waals surface area (Å²) in [6.45, 7) is 4.23. The van der Waals surface area contributed by atoms with Gasteiger partial charge >= 0.3 is 5.97 Å². The van der Waals surface area contributed by atoms with E-state index in [0.29, 0.717) is 17.9 Å². The normalized spacial score (nSPS) is 10.2. The van der Waals surface area contributed by atoms with E-state index >= 15 is 0 Å². The largest absolute Gasteiger partial charge is 0.496 e. The molecule has 0 aliphatic carbocycles. The highest BCUT2D eigenvalue weighted by molar-refractivity contribution is 7.99. The quantitative estimate of drug-likeness (QED) is 0.751. The Kier molecular flexibility index (Phi) is 6.38. The number of ether oxygens (including phenoxy) is 1. The second kappa shape index (κ2) is 7.79. The molecule has 1 amide bonds. The molecule has 110 valence electrons. The van der Waals surface area contributed by atoms with Gasteiger partial charge in [-0.25, -0.2) is 0 Å². The molecule has 0 bridgehead atoms. The van der Waals surface area contributed by atoms with Crippen LogP contribution in [-0.2, 0) is 4.79 Å². The maximum Gasteiger partial charge on any atom is 0.313 e. The molecule has 0 heterocycles. The van der Waals surface area contributed by atoms with Crippen molar-refractivity contribution in [1.29, 1.82) is 0 Å².